The van der Waals surface area contributed by atoms with Crippen LogP contribution in [0.15, 0.2) is 42.5 Å². The highest BCUT2D eigenvalue weighted by atomic mass is 35.5. The summed E-state index contributed by atoms with van der Waals surface area (Å²) in [6.07, 6.45) is 0. The predicted molar refractivity (Wildman–Crippen MR) is 82.3 cm³/mol. The van der Waals surface area contributed by atoms with Crippen LogP contribution in [0.4, 0.5) is 0 Å². The normalized spacial score (nSPS) is 13.5. The Kier molecular flexibility index (Phi) is 3.54. The summed E-state index contributed by atoms with van der Waals surface area (Å²) in [5.74, 6) is -1.16. The fraction of sp³-hybridized carbons (Fsp3) is 0.118. The molecule has 2 aromatic rings. The predicted octanol–water partition coefficient (Wildman–Crippen LogP) is 3.13. The van der Waals surface area contributed by atoms with Gasteiger partial charge < -0.3 is 0 Å². The highest BCUT2D eigenvalue weighted by Gasteiger charge is 2.36. The van der Waals surface area contributed by atoms with Crippen molar-refractivity contribution in [1.82, 2.24) is 4.90 Å². The summed E-state index contributed by atoms with van der Waals surface area (Å²) < 4.78 is 0. The molecule has 0 aliphatic carbocycles. The van der Waals surface area contributed by atoms with Gasteiger partial charge in [-0.05, 0) is 42.8 Å². The van der Waals surface area contributed by atoms with Gasteiger partial charge in [0, 0.05) is 10.6 Å². The zero-order valence-electron chi connectivity index (χ0n) is 11.8. The zero-order valence-corrected chi connectivity index (χ0v) is 12.6. The molecule has 1 aliphatic heterocycles. The molecular formula is C17H12ClNO3. The molecule has 1 aliphatic rings. The number of nitrogens with zero attached hydrogens (tertiary/aromatic N) is 1. The molecular weight excluding hydrogens is 302 g/mol. The number of hydrogen-bond acceptors (Lipinski definition) is 3. The molecule has 1 heterocycles. The standard InChI is InChI=1S/C17H12ClNO3/c1-10-8-11(6-7-14(10)18)15(20)9-19-16(21)12-4-2-3-5-13(12)17(19)22/h2-8H,9H2,1H3. The monoisotopic (exact) mass is 313 g/mol. The van der Waals surface area contributed by atoms with Crippen molar-refractivity contribution in [3.63, 3.8) is 0 Å². The lowest BCUT2D eigenvalue weighted by atomic mass is 10.1. The van der Waals surface area contributed by atoms with Crippen molar-refractivity contribution >= 4 is 29.2 Å². The number of Topliss-reactive ketones (excluding diaryl/α,β-unsaturated/α-hetero) is 1. The number of carbonyl (C=O) groups is 3. The van der Waals surface area contributed by atoms with Crippen LogP contribution in [0.1, 0.15) is 36.6 Å². The summed E-state index contributed by atoms with van der Waals surface area (Å²) >= 11 is 5.93. The van der Waals surface area contributed by atoms with Crippen LogP contribution in [-0.4, -0.2) is 29.0 Å². The Morgan fingerprint density at radius 1 is 1.05 bits per heavy atom. The Balaban J connectivity index is 1.85. The second-order valence-corrected chi connectivity index (χ2v) is 5.54. The largest absolute Gasteiger partial charge is 0.292 e. The van der Waals surface area contributed by atoms with Crippen LogP contribution in [0, 0.1) is 6.92 Å². The van der Waals surface area contributed by atoms with E-state index in [9.17, 15) is 14.4 Å². The van der Waals surface area contributed by atoms with Gasteiger partial charge in [0.15, 0.2) is 5.78 Å². The summed E-state index contributed by atoms with van der Waals surface area (Å²) in [5, 5.41) is 0.567. The van der Waals surface area contributed by atoms with Crippen molar-refractivity contribution in [3.8, 4) is 0 Å². The van der Waals surface area contributed by atoms with Crippen LogP contribution in [-0.2, 0) is 0 Å². The first-order chi connectivity index (χ1) is 10.5. The van der Waals surface area contributed by atoms with E-state index in [0.29, 0.717) is 21.7 Å². The smallest absolute Gasteiger partial charge is 0.261 e. The number of halogens is 1. The maximum atomic E-state index is 12.3. The summed E-state index contributed by atoms with van der Waals surface area (Å²) in [6, 6.07) is 11.4. The first-order valence-corrected chi connectivity index (χ1v) is 7.11. The minimum Gasteiger partial charge on any atom is -0.292 e. The Morgan fingerprint density at radius 3 is 2.18 bits per heavy atom. The molecule has 2 amide bonds. The summed E-state index contributed by atoms with van der Waals surface area (Å²) in [6.45, 7) is 1.52. The Hall–Kier alpha value is -2.46. The van der Waals surface area contributed by atoms with Gasteiger partial charge in [0.25, 0.3) is 11.8 Å². The molecule has 0 spiro atoms. The van der Waals surface area contributed by atoms with Gasteiger partial charge in [-0.1, -0.05) is 23.7 Å². The van der Waals surface area contributed by atoms with Crippen LogP contribution in [0.2, 0.25) is 5.02 Å². The minimum atomic E-state index is -0.431. The minimum absolute atomic E-state index is 0.270. The van der Waals surface area contributed by atoms with Gasteiger partial charge in [-0.25, -0.2) is 0 Å². The van der Waals surface area contributed by atoms with E-state index >= 15 is 0 Å². The molecule has 0 bridgehead atoms. The van der Waals surface area contributed by atoms with Gasteiger partial charge in [0.1, 0.15) is 0 Å². The molecule has 2 aromatic carbocycles. The van der Waals surface area contributed by atoms with E-state index in [-0.39, 0.29) is 12.3 Å². The van der Waals surface area contributed by atoms with E-state index in [0.717, 1.165) is 10.5 Å². The SMILES string of the molecule is Cc1cc(C(=O)CN2C(=O)c3ccccc3C2=O)ccc1Cl. The number of fused-ring (bicyclic) bond motifs is 1. The summed E-state index contributed by atoms with van der Waals surface area (Å²) in [7, 11) is 0. The van der Waals surface area contributed by atoms with Crippen molar-refractivity contribution in [3.05, 3.63) is 69.7 Å². The highest BCUT2D eigenvalue weighted by molar-refractivity contribution is 6.31. The third-order valence-electron chi connectivity index (χ3n) is 3.66. The van der Waals surface area contributed by atoms with E-state index in [2.05, 4.69) is 0 Å². The Labute approximate surface area is 132 Å². The fourth-order valence-electron chi connectivity index (χ4n) is 2.44. The lowest BCUT2D eigenvalue weighted by Gasteiger charge is -2.13. The second-order valence-electron chi connectivity index (χ2n) is 5.13. The Bertz CT molecular complexity index is 778. The maximum absolute atomic E-state index is 12.3. The molecule has 4 nitrogen and oxygen atoms in total. The molecule has 0 saturated heterocycles. The lowest BCUT2D eigenvalue weighted by Crippen LogP contribution is -2.34. The molecule has 0 saturated carbocycles. The molecule has 0 unspecified atom stereocenters. The van der Waals surface area contributed by atoms with Gasteiger partial charge >= 0.3 is 0 Å². The maximum Gasteiger partial charge on any atom is 0.261 e. The van der Waals surface area contributed by atoms with Crippen LogP contribution in [0.3, 0.4) is 0 Å². The van der Waals surface area contributed by atoms with Gasteiger partial charge in [-0.3, -0.25) is 19.3 Å². The molecule has 0 fully saturated rings. The number of carbonyl (C=O) groups excluding carboxylic acids is 3. The Morgan fingerprint density at radius 2 is 1.64 bits per heavy atom. The van der Waals surface area contributed by atoms with Crippen molar-refractivity contribution < 1.29 is 14.4 Å². The topological polar surface area (TPSA) is 54.5 Å². The van der Waals surface area contributed by atoms with E-state index in [1.807, 2.05) is 0 Å². The van der Waals surface area contributed by atoms with Gasteiger partial charge in [-0.15, -0.1) is 0 Å². The number of ketones is 1. The first kappa shape index (κ1) is 14.5. The van der Waals surface area contributed by atoms with Crippen LogP contribution < -0.4 is 0 Å². The van der Waals surface area contributed by atoms with E-state index in [1.54, 1.807) is 49.4 Å². The van der Waals surface area contributed by atoms with E-state index in [1.165, 1.54) is 0 Å². The van der Waals surface area contributed by atoms with Crippen LogP contribution in [0.25, 0.3) is 0 Å². The summed E-state index contributed by atoms with van der Waals surface area (Å²) in [4.78, 5) is 37.8. The van der Waals surface area contributed by atoms with Crippen LogP contribution >= 0.6 is 11.6 Å². The number of rotatable bonds is 3. The quantitative estimate of drug-likeness (QED) is 0.646. The third kappa shape index (κ3) is 2.31. The number of hydrogen-bond donors (Lipinski definition) is 0. The number of imide groups is 1. The number of benzene rings is 2. The molecule has 0 aromatic heterocycles. The average Bonchev–Trinajstić information content (AvgIpc) is 2.75. The molecule has 0 N–H and O–H groups in total. The highest BCUT2D eigenvalue weighted by Crippen LogP contribution is 2.23. The van der Waals surface area contributed by atoms with Crippen LogP contribution in [0.5, 0.6) is 0 Å². The molecule has 0 radical (unpaired) electrons. The number of amides is 2. The molecule has 22 heavy (non-hydrogen) atoms. The molecule has 110 valence electrons. The second kappa shape index (κ2) is 5.39. The van der Waals surface area contributed by atoms with Gasteiger partial charge in [-0.2, -0.15) is 0 Å². The number of aryl methyl sites for hydroxylation is 1. The molecule has 3 rings (SSSR count). The lowest BCUT2D eigenvalue weighted by molar-refractivity contribution is 0.0624. The van der Waals surface area contributed by atoms with E-state index < -0.39 is 11.8 Å². The molecule has 0 atom stereocenters. The van der Waals surface area contributed by atoms with Gasteiger partial charge in [0.2, 0.25) is 0 Å². The van der Waals surface area contributed by atoms with Gasteiger partial charge in [0.05, 0.1) is 17.7 Å². The van der Waals surface area contributed by atoms with Crippen molar-refractivity contribution in [2.24, 2.45) is 0 Å². The first-order valence-electron chi connectivity index (χ1n) is 6.73. The molecule has 5 heteroatoms. The van der Waals surface area contributed by atoms with Crippen molar-refractivity contribution in [1.29, 1.82) is 0 Å². The zero-order chi connectivity index (χ0) is 15.9. The average molecular weight is 314 g/mol. The van der Waals surface area contributed by atoms with E-state index in [4.69, 9.17) is 11.6 Å². The summed E-state index contributed by atoms with van der Waals surface area (Å²) in [5.41, 5.74) is 1.88. The van der Waals surface area contributed by atoms with Crippen molar-refractivity contribution in [2.75, 3.05) is 6.54 Å². The fourth-order valence-corrected chi connectivity index (χ4v) is 2.55. The van der Waals surface area contributed by atoms with Crippen molar-refractivity contribution in [2.45, 2.75) is 6.92 Å². The third-order valence-corrected chi connectivity index (χ3v) is 4.08.